The van der Waals surface area contributed by atoms with Gasteiger partial charge in [0, 0.05) is 21.0 Å². The highest BCUT2D eigenvalue weighted by Gasteiger charge is 2.09. The molecule has 1 aromatic rings. The van der Waals surface area contributed by atoms with E-state index < -0.39 is 0 Å². The van der Waals surface area contributed by atoms with Crippen molar-refractivity contribution in [1.29, 1.82) is 0 Å². The highest BCUT2D eigenvalue weighted by molar-refractivity contribution is 14.1. The third-order valence-electron chi connectivity index (χ3n) is 2.27. The van der Waals surface area contributed by atoms with Crippen LogP contribution in [-0.2, 0) is 0 Å². The molecule has 0 fully saturated rings. The predicted octanol–water partition coefficient (Wildman–Crippen LogP) is 4.08. The van der Waals surface area contributed by atoms with Crippen molar-refractivity contribution in [3.05, 3.63) is 32.4 Å². The van der Waals surface area contributed by atoms with Gasteiger partial charge < -0.3 is 5.32 Å². The molecule has 1 aromatic carbocycles. The number of hydrogen-bond acceptors (Lipinski definition) is 1. The molecule has 2 nitrogen and oxygen atoms in total. The maximum absolute atomic E-state index is 11.8. The van der Waals surface area contributed by atoms with E-state index in [2.05, 4.69) is 27.9 Å². The summed E-state index contributed by atoms with van der Waals surface area (Å²) in [4.78, 5) is 11.8. The Morgan fingerprint density at radius 2 is 2.06 bits per heavy atom. The van der Waals surface area contributed by atoms with Crippen molar-refractivity contribution in [3.63, 3.8) is 0 Å². The highest BCUT2D eigenvalue weighted by atomic mass is 127. The molecule has 0 spiro atoms. The predicted molar refractivity (Wildman–Crippen MR) is 81.1 cm³/mol. The van der Waals surface area contributed by atoms with Gasteiger partial charge in [0.15, 0.2) is 0 Å². The second-order valence-electron chi connectivity index (χ2n) is 3.63. The monoisotopic (exact) mass is 385 g/mol. The standard InChI is InChI=1S/C12H14Cl2INO/c13-6-2-1-3-7-16-12(17)10-8-9(14)4-5-11(10)15/h4-5,8H,1-3,6-7H2,(H,16,17). The molecule has 0 bridgehead atoms. The van der Waals surface area contributed by atoms with Crippen LogP contribution in [-0.4, -0.2) is 18.3 Å². The molecule has 94 valence electrons. The number of carbonyl (C=O) groups excluding carboxylic acids is 1. The molecule has 0 aliphatic carbocycles. The van der Waals surface area contributed by atoms with Crippen molar-refractivity contribution in [2.45, 2.75) is 19.3 Å². The molecule has 1 amide bonds. The van der Waals surface area contributed by atoms with Crippen molar-refractivity contribution >= 4 is 51.7 Å². The van der Waals surface area contributed by atoms with Gasteiger partial charge in [0.05, 0.1) is 5.56 Å². The third-order valence-corrected chi connectivity index (χ3v) is 3.71. The third kappa shape index (κ3) is 5.44. The first kappa shape index (κ1) is 15.1. The number of unbranched alkanes of at least 4 members (excludes halogenated alkanes) is 2. The van der Waals surface area contributed by atoms with E-state index >= 15 is 0 Å². The molecule has 0 saturated carbocycles. The lowest BCUT2D eigenvalue weighted by Gasteiger charge is -2.07. The Kier molecular flexibility index (Phi) is 7.23. The molecular formula is C12H14Cl2INO. The zero-order valence-corrected chi connectivity index (χ0v) is 13.0. The van der Waals surface area contributed by atoms with Crippen LogP contribution in [0.4, 0.5) is 0 Å². The summed E-state index contributed by atoms with van der Waals surface area (Å²) >= 11 is 13.6. The molecule has 0 saturated heterocycles. The van der Waals surface area contributed by atoms with Gasteiger partial charge in [-0.2, -0.15) is 0 Å². The van der Waals surface area contributed by atoms with Gasteiger partial charge in [-0.1, -0.05) is 18.0 Å². The van der Waals surface area contributed by atoms with Crippen molar-refractivity contribution < 1.29 is 4.79 Å². The Labute approximate surface area is 125 Å². The van der Waals surface area contributed by atoms with Crippen LogP contribution < -0.4 is 5.32 Å². The average Bonchev–Trinajstić information content (AvgIpc) is 2.32. The maximum Gasteiger partial charge on any atom is 0.252 e. The van der Waals surface area contributed by atoms with Gasteiger partial charge >= 0.3 is 0 Å². The molecule has 0 unspecified atom stereocenters. The van der Waals surface area contributed by atoms with E-state index in [9.17, 15) is 4.79 Å². The van der Waals surface area contributed by atoms with Crippen molar-refractivity contribution in [2.24, 2.45) is 0 Å². The van der Waals surface area contributed by atoms with E-state index in [1.807, 2.05) is 6.07 Å². The van der Waals surface area contributed by atoms with Gasteiger partial charge in [0.25, 0.3) is 5.91 Å². The Balaban J connectivity index is 2.44. The number of carbonyl (C=O) groups is 1. The minimum absolute atomic E-state index is 0.0669. The first-order chi connectivity index (χ1) is 8.15. The number of rotatable bonds is 6. The van der Waals surface area contributed by atoms with Crippen LogP contribution in [0.15, 0.2) is 18.2 Å². The van der Waals surface area contributed by atoms with Crippen LogP contribution in [0.3, 0.4) is 0 Å². The number of benzene rings is 1. The second kappa shape index (κ2) is 8.16. The smallest absolute Gasteiger partial charge is 0.252 e. The molecule has 17 heavy (non-hydrogen) atoms. The quantitative estimate of drug-likeness (QED) is 0.446. The van der Waals surface area contributed by atoms with Crippen molar-refractivity contribution in [3.8, 4) is 0 Å². The summed E-state index contributed by atoms with van der Waals surface area (Å²) in [7, 11) is 0. The molecule has 0 aromatic heterocycles. The fourth-order valence-electron chi connectivity index (χ4n) is 1.36. The van der Waals surface area contributed by atoms with Gasteiger partial charge in [-0.3, -0.25) is 4.79 Å². The van der Waals surface area contributed by atoms with Gasteiger partial charge in [-0.15, -0.1) is 11.6 Å². The first-order valence-corrected chi connectivity index (χ1v) is 7.43. The minimum Gasteiger partial charge on any atom is -0.352 e. The van der Waals surface area contributed by atoms with Gasteiger partial charge in [0.1, 0.15) is 0 Å². The Hall–Kier alpha value is -0.000000000000000111. The van der Waals surface area contributed by atoms with Gasteiger partial charge in [0.2, 0.25) is 0 Å². The van der Waals surface area contributed by atoms with Crippen LogP contribution >= 0.6 is 45.8 Å². The highest BCUT2D eigenvalue weighted by Crippen LogP contribution is 2.17. The SMILES string of the molecule is O=C(NCCCCCCl)c1cc(Cl)ccc1I. The van der Waals surface area contributed by atoms with Crippen LogP contribution in [0.1, 0.15) is 29.6 Å². The average molecular weight is 386 g/mol. The van der Waals surface area contributed by atoms with Crippen LogP contribution in [0.5, 0.6) is 0 Å². The molecular weight excluding hydrogens is 372 g/mol. The minimum atomic E-state index is -0.0669. The van der Waals surface area contributed by atoms with Crippen LogP contribution in [0, 0.1) is 3.57 Å². The zero-order valence-electron chi connectivity index (χ0n) is 9.31. The van der Waals surface area contributed by atoms with E-state index in [0.29, 0.717) is 23.0 Å². The Morgan fingerprint density at radius 3 is 2.76 bits per heavy atom. The summed E-state index contributed by atoms with van der Waals surface area (Å²) in [5.41, 5.74) is 0.635. The van der Waals surface area contributed by atoms with Crippen molar-refractivity contribution in [2.75, 3.05) is 12.4 Å². The summed E-state index contributed by atoms with van der Waals surface area (Å²) in [6.07, 6.45) is 2.98. The van der Waals surface area contributed by atoms with E-state index in [-0.39, 0.29) is 5.91 Å². The number of halogens is 3. The number of hydrogen-bond donors (Lipinski definition) is 1. The fourth-order valence-corrected chi connectivity index (χ4v) is 2.31. The zero-order chi connectivity index (χ0) is 12.7. The lowest BCUT2D eigenvalue weighted by Crippen LogP contribution is -2.25. The lowest BCUT2D eigenvalue weighted by molar-refractivity contribution is 0.0952. The first-order valence-electron chi connectivity index (χ1n) is 5.44. The molecule has 1 rings (SSSR count). The number of alkyl halides is 1. The van der Waals surface area contributed by atoms with Crippen LogP contribution in [0.2, 0.25) is 5.02 Å². The lowest BCUT2D eigenvalue weighted by atomic mass is 10.2. The largest absolute Gasteiger partial charge is 0.352 e. The summed E-state index contributed by atoms with van der Waals surface area (Å²) in [5, 5.41) is 3.46. The van der Waals surface area contributed by atoms with E-state index in [1.165, 1.54) is 0 Å². The van der Waals surface area contributed by atoms with Crippen LogP contribution in [0.25, 0.3) is 0 Å². The normalized spacial score (nSPS) is 10.3. The second-order valence-corrected chi connectivity index (χ2v) is 5.61. The van der Waals surface area contributed by atoms with Gasteiger partial charge in [-0.25, -0.2) is 0 Å². The molecule has 0 radical (unpaired) electrons. The Bertz CT molecular complexity index is 385. The molecule has 0 aliphatic heterocycles. The number of nitrogens with one attached hydrogen (secondary N) is 1. The molecule has 5 heteroatoms. The number of amides is 1. The Morgan fingerprint density at radius 1 is 1.29 bits per heavy atom. The van der Waals surface area contributed by atoms with E-state index in [1.54, 1.807) is 12.1 Å². The van der Waals surface area contributed by atoms with Crippen molar-refractivity contribution in [1.82, 2.24) is 5.32 Å². The summed E-state index contributed by atoms with van der Waals surface area (Å²) in [6.45, 7) is 0.679. The summed E-state index contributed by atoms with van der Waals surface area (Å²) in [5.74, 6) is 0.614. The van der Waals surface area contributed by atoms with E-state index in [0.717, 1.165) is 22.8 Å². The topological polar surface area (TPSA) is 29.1 Å². The molecule has 1 N–H and O–H groups in total. The molecule has 0 atom stereocenters. The maximum atomic E-state index is 11.8. The molecule has 0 heterocycles. The van der Waals surface area contributed by atoms with E-state index in [4.69, 9.17) is 23.2 Å². The fraction of sp³-hybridized carbons (Fsp3) is 0.417. The summed E-state index contributed by atoms with van der Waals surface area (Å²) < 4.78 is 0.908. The molecule has 0 aliphatic rings. The van der Waals surface area contributed by atoms with Gasteiger partial charge in [-0.05, 0) is 53.6 Å². The summed E-state index contributed by atoms with van der Waals surface area (Å²) in [6, 6.07) is 5.31.